The molecule has 0 aliphatic rings. The summed E-state index contributed by atoms with van der Waals surface area (Å²) in [5, 5.41) is 6.94. The molecule has 6 heteroatoms. The average molecular weight is 251 g/mol. The molecule has 0 saturated carbocycles. The third-order valence-electron chi connectivity index (χ3n) is 2.41. The zero-order valence-electron chi connectivity index (χ0n) is 9.14. The average Bonchev–Trinajstić information content (AvgIpc) is 2.59. The van der Waals surface area contributed by atoms with Gasteiger partial charge in [-0.15, -0.1) is 0 Å². The SMILES string of the molecule is Cc1[nH]n(-c2ccc(Cl)cc2)c(=O)c1C=NN. The molecule has 17 heavy (non-hydrogen) atoms. The molecular weight excluding hydrogens is 240 g/mol. The predicted octanol–water partition coefficient (Wildman–Crippen LogP) is 1.42. The van der Waals surface area contributed by atoms with Crippen LogP contribution in [0.25, 0.3) is 5.69 Å². The van der Waals surface area contributed by atoms with Crippen molar-refractivity contribution in [1.82, 2.24) is 9.78 Å². The van der Waals surface area contributed by atoms with Gasteiger partial charge in [-0.05, 0) is 31.2 Å². The van der Waals surface area contributed by atoms with Crippen molar-refractivity contribution in [2.45, 2.75) is 6.92 Å². The summed E-state index contributed by atoms with van der Waals surface area (Å²) in [5.41, 5.74) is 1.67. The highest BCUT2D eigenvalue weighted by Crippen LogP contribution is 2.12. The standard InChI is InChI=1S/C11H11ClN4O/c1-7-10(6-14-13)11(17)16(15-7)9-4-2-8(12)3-5-9/h2-6,15H,13H2,1H3. The number of hydrazone groups is 1. The predicted molar refractivity (Wildman–Crippen MR) is 67.9 cm³/mol. The zero-order chi connectivity index (χ0) is 12.4. The number of aromatic amines is 1. The summed E-state index contributed by atoms with van der Waals surface area (Å²) in [6, 6.07) is 6.94. The molecule has 2 rings (SSSR count). The van der Waals surface area contributed by atoms with Gasteiger partial charge in [0, 0.05) is 10.7 Å². The Labute approximate surface area is 102 Å². The number of halogens is 1. The van der Waals surface area contributed by atoms with Crippen LogP contribution in [0.3, 0.4) is 0 Å². The molecule has 1 heterocycles. The largest absolute Gasteiger partial charge is 0.323 e. The van der Waals surface area contributed by atoms with Gasteiger partial charge >= 0.3 is 0 Å². The van der Waals surface area contributed by atoms with E-state index >= 15 is 0 Å². The molecule has 1 aromatic heterocycles. The van der Waals surface area contributed by atoms with E-state index < -0.39 is 0 Å². The molecule has 1 aromatic carbocycles. The third kappa shape index (κ3) is 2.09. The van der Waals surface area contributed by atoms with E-state index in [2.05, 4.69) is 10.2 Å². The van der Waals surface area contributed by atoms with Crippen LogP contribution in [0.4, 0.5) is 0 Å². The first-order valence-corrected chi connectivity index (χ1v) is 5.32. The lowest BCUT2D eigenvalue weighted by molar-refractivity contribution is 0.835. The molecule has 0 bridgehead atoms. The molecule has 2 aromatic rings. The highest BCUT2D eigenvalue weighted by molar-refractivity contribution is 6.30. The fraction of sp³-hybridized carbons (Fsp3) is 0.0909. The first-order valence-electron chi connectivity index (χ1n) is 4.94. The van der Waals surface area contributed by atoms with Gasteiger partial charge in [0.25, 0.3) is 5.56 Å². The number of hydrogen-bond acceptors (Lipinski definition) is 3. The van der Waals surface area contributed by atoms with Crippen molar-refractivity contribution in [3.8, 4) is 5.69 Å². The van der Waals surface area contributed by atoms with E-state index in [0.717, 1.165) is 0 Å². The Morgan fingerprint density at radius 2 is 2.06 bits per heavy atom. The summed E-state index contributed by atoms with van der Waals surface area (Å²) >= 11 is 5.79. The second kappa shape index (κ2) is 4.47. The maximum Gasteiger partial charge on any atom is 0.280 e. The van der Waals surface area contributed by atoms with Gasteiger partial charge in [-0.25, -0.2) is 4.68 Å². The molecule has 0 amide bonds. The second-order valence-electron chi connectivity index (χ2n) is 3.55. The fourth-order valence-electron chi connectivity index (χ4n) is 1.56. The van der Waals surface area contributed by atoms with Crippen LogP contribution in [-0.2, 0) is 0 Å². The molecule has 88 valence electrons. The minimum absolute atomic E-state index is 0.195. The highest BCUT2D eigenvalue weighted by Gasteiger charge is 2.10. The van der Waals surface area contributed by atoms with Crippen molar-refractivity contribution in [2.24, 2.45) is 10.9 Å². The molecule has 0 saturated heterocycles. The molecule has 5 nitrogen and oxygen atoms in total. The lowest BCUT2D eigenvalue weighted by Gasteiger charge is -2.00. The first kappa shape index (κ1) is 11.5. The maximum absolute atomic E-state index is 12.0. The Bertz CT molecular complexity index is 609. The number of rotatable bonds is 2. The molecule has 0 aliphatic carbocycles. The van der Waals surface area contributed by atoms with E-state index in [1.165, 1.54) is 10.9 Å². The summed E-state index contributed by atoms with van der Waals surface area (Å²) in [6.07, 6.45) is 1.33. The van der Waals surface area contributed by atoms with Crippen molar-refractivity contribution in [3.05, 3.63) is 50.9 Å². The van der Waals surface area contributed by atoms with Gasteiger partial charge in [0.1, 0.15) is 0 Å². The van der Waals surface area contributed by atoms with Crippen LogP contribution in [0, 0.1) is 6.92 Å². The Morgan fingerprint density at radius 3 is 2.65 bits per heavy atom. The van der Waals surface area contributed by atoms with Crippen molar-refractivity contribution in [3.63, 3.8) is 0 Å². The molecule has 3 N–H and O–H groups in total. The van der Waals surface area contributed by atoms with E-state index in [1.54, 1.807) is 31.2 Å². The minimum Gasteiger partial charge on any atom is -0.323 e. The summed E-state index contributed by atoms with van der Waals surface area (Å²) in [4.78, 5) is 12.0. The Kier molecular flexibility index (Phi) is 3.01. The minimum atomic E-state index is -0.195. The van der Waals surface area contributed by atoms with E-state index in [1.807, 2.05) is 0 Å². The van der Waals surface area contributed by atoms with Crippen LogP contribution >= 0.6 is 11.6 Å². The molecule has 0 atom stereocenters. The number of aryl methyl sites for hydroxylation is 1. The lowest BCUT2D eigenvalue weighted by Crippen LogP contribution is -2.17. The molecule has 0 fully saturated rings. The molecule has 0 unspecified atom stereocenters. The summed E-state index contributed by atoms with van der Waals surface area (Å²) < 4.78 is 1.42. The van der Waals surface area contributed by atoms with Crippen LogP contribution in [0.15, 0.2) is 34.2 Å². The Morgan fingerprint density at radius 1 is 1.41 bits per heavy atom. The quantitative estimate of drug-likeness (QED) is 0.480. The van der Waals surface area contributed by atoms with Crippen molar-refractivity contribution < 1.29 is 0 Å². The molecule has 0 spiro atoms. The van der Waals surface area contributed by atoms with Crippen LogP contribution in [-0.4, -0.2) is 16.0 Å². The molecule has 0 radical (unpaired) electrons. The normalized spacial score (nSPS) is 11.2. The number of H-pyrrole nitrogens is 1. The van der Waals surface area contributed by atoms with Crippen molar-refractivity contribution >= 4 is 17.8 Å². The van der Waals surface area contributed by atoms with Gasteiger partial charge in [-0.2, -0.15) is 5.10 Å². The van der Waals surface area contributed by atoms with Crippen molar-refractivity contribution in [2.75, 3.05) is 0 Å². The molecular formula is C11H11ClN4O. The zero-order valence-corrected chi connectivity index (χ0v) is 9.90. The van der Waals surface area contributed by atoms with Crippen LogP contribution in [0.5, 0.6) is 0 Å². The van der Waals surface area contributed by atoms with Gasteiger partial charge in [-0.3, -0.25) is 9.89 Å². The number of nitrogens with one attached hydrogen (secondary N) is 1. The lowest BCUT2D eigenvalue weighted by atomic mass is 10.3. The van der Waals surface area contributed by atoms with Gasteiger partial charge in [-0.1, -0.05) is 11.6 Å². The van der Waals surface area contributed by atoms with Gasteiger partial charge in [0.05, 0.1) is 17.5 Å². The Balaban J connectivity index is 2.57. The summed E-state index contributed by atoms with van der Waals surface area (Å²) in [7, 11) is 0. The summed E-state index contributed by atoms with van der Waals surface area (Å²) in [5.74, 6) is 5.06. The topological polar surface area (TPSA) is 76.2 Å². The maximum atomic E-state index is 12.0. The number of nitrogens with two attached hydrogens (primary N) is 1. The third-order valence-corrected chi connectivity index (χ3v) is 2.66. The monoisotopic (exact) mass is 250 g/mol. The van der Waals surface area contributed by atoms with E-state index in [4.69, 9.17) is 17.4 Å². The van der Waals surface area contributed by atoms with Crippen LogP contribution in [0.1, 0.15) is 11.3 Å². The smallest absolute Gasteiger partial charge is 0.280 e. The highest BCUT2D eigenvalue weighted by atomic mass is 35.5. The number of aromatic nitrogens is 2. The second-order valence-corrected chi connectivity index (χ2v) is 3.98. The fourth-order valence-corrected chi connectivity index (χ4v) is 1.68. The number of benzene rings is 1. The first-order chi connectivity index (χ1) is 8.13. The van der Waals surface area contributed by atoms with Gasteiger partial charge < -0.3 is 5.84 Å². The van der Waals surface area contributed by atoms with Crippen LogP contribution < -0.4 is 11.4 Å². The number of nitrogens with zero attached hydrogens (tertiary/aromatic N) is 2. The van der Waals surface area contributed by atoms with Gasteiger partial charge in [0.2, 0.25) is 0 Å². The number of hydrogen-bond donors (Lipinski definition) is 2. The molecule has 0 aliphatic heterocycles. The van der Waals surface area contributed by atoms with Gasteiger partial charge in [0.15, 0.2) is 0 Å². The van der Waals surface area contributed by atoms with E-state index in [0.29, 0.717) is 22.0 Å². The van der Waals surface area contributed by atoms with E-state index in [-0.39, 0.29) is 5.56 Å². The van der Waals surface area contributed by atoms with Crippen LogP contribution in [0.2, 0.25) is 5.02 Å². The Hall–Kier alpha value is -2.01. The van der Waals surface area contributed by atoms with Crippen molar-refractivity contribution in [1.29, 1.82) is 0 Å². The summed E-state index contributed by atoms with van der Waals surface area (Å²) in [6.45, 7) is 1.78. The van der Waals surface area contributed by atoms with E-state index in [9.17, 15) is 4.79 Å².